The molecular formula is C19H30N2O7. The van der Waals surface area contributed by atoms with Crippen LogP contribution in [0.15, 0.2) is 12.7 Å². The molecule has 0 spiro atoms. The quantitative estimate of drug-likeness (QED) is 0.299. The van der Waals surface area contributed by atoms with Gasteiger partial charge in [0.2, 0.25) is 5.91 Å². The van der Waals surface area contributed by atoms with Crippen LogP contribution in [-0.4, -0.2) is 59.7 Å². The van der Waals surface area contributed by atoms with Gasteiger partial charge in [0.1, 0.15) is 0 Å². The van der Waals surface area contributed by atoms with Crippen LogP contribution in [0.2, 0.25) is 0 Å². The second-order valence-corrected chi connectivity index (χ2v) is 7.68. The fourth-order valence-electron chi connectivity index (χ4n) is 2.41. The van der Waals surface area contributed by atoms with Crippen LogP contribution in [0.3, 0.4) is 0 Å². The first kappa shape index (κ1) is 23.8. The number of imide groups is 1. The Balaban J connectivity index is 2.32. The first-order valence-electron chi connectivity index (χ1n) is 9.20. The Morgan fingerprint density at radius 2 is 1.64 bits per heavy atom. The van der Waals surface area contributed by atoms with E-state index in [1.165, 1.54) is 6.08 Å². The Morgan fingerprint density at radius 1 is 1.07 bits per heavy atom. The number of rotatable bonds is 12. The Hall–Kier alpha value is -2.26. The summed E-state index contributed by atoms with van der Waals surface area (Å²) in [5.41, 5.74) is -1.32. The highest BCUT2D eigenvalue weighted by Crippen LogP contribution is 2.21. The van der Waals surface area contributed by atoms with E-state index in [2.05, 4.69) is 11.9 Å². The molecule has 0 aromatic heterocycles. The molecule has 0 radical (unpaired) electrons. The van der Waals surface area contributed by atoms with Crippen LogP contribution in [0.25, 0.3) is 0 Å². The second-order valence-electron chi connectivity index (χ2n) is 7.68. The molecular weight excluding hydrogens is 368 g/mol. The van der Waals surface area contributed by atoms with Crippen molar-refractivity contribution < 1.29 is 33.5 Å². The molecule has 0 aromatic carbocycles. The lowest BCUT2D eigenvalue weighted by atomic mass is 10.0. The summed E-state index contributed by atoms with van der Waals surface area (Å²) in [5, 5.41) is 3.15. The smallest absolute Gasteiger partial charge is 0.336 e. The molecule has 1 aliphatic rings. The van der Waals surface area contributed by atoms with Crippen molar-refractivity contribution in [2.75, 3.05) is 19.8 Å². The van der Waals surface area contributed by atoms with E-state index in [9.17, 15) is 19.2 Å². The molecule has 0 atom stereocenters. The molecule has 1 heterocycles. The molecule has 1 fully saturated rings. The normalized spacial score (nSPS) is 14.9. The van der Waals surface area contributed by atoms with Crippen molar-refractivity contribution in [3.05, 3.63) is 12.7 Å². The highest BCUT2D eigenvalue weighted by Gasteiger charge is 2.34. The van der Waals surface area contributed by atoms with E-state index in [-0.39, 0.29) is 25.2 Å². The fraction of sp³-hybridized carbons (Fsp3) is 0.684. The highest BCUT2D eigenvalue weighted by atomic mass is 16.7. The van der Waals surface area contributed by atoms with Gasteiger partial charge in [-0.15, -0.1) is 5.06 Å². The van der Waals surface area contributed by atoms with Crippen molar-refractivity contribution in [2.45, 2.75) is 64.6 Å². The Kier molecular flexibility index (Phi) is 8.77. The zero-order chi connectivity index (χ0) is 21.4. The van der Waals surface area contributed by atoms with Gasteiger partial charge < -0.3 is 19.6 Å². The Bertz CT molecular complexity index is 597. The molecule has 0 aliphatic carbocycles. The van der Waals surface area contributed by atoms with Crippen molar-refractivity contribution in [1.82, 2.24) is 10.4 Å². The average molecular weight is 398 g/mol. The summed E-state index contributed by atoms with van der Waals surface area (Å²) in [6.07, 6.45) is 1.75. The molecule has 158 valence electrons. The van der Waals surface area contributed by atoms with Crippen LogP contribution >= 0.6 is 0 Å². The monoisotopic (exact) mass is 398 g/mol. The predicted octanol–water partition coefficient (Wildman–Crippen LogP) is 1.27. The minimum Gasteiger partial charge on any atom is -0.375 e. The van der Waals surface area contributed by atoms with Gasteiger partial charge in [0, 0.05) is 19.4 Å². The van der Waals surface area contributed by atoms with Crippen LogP contribution in [0.1, 0.15) is 53.4 Å². The molecule has 3 amide bonds. The summed E-state index contributed by atoms with van der Waals surface area (Å²) in [7, 11) is 0. The third-order valence-corrected chi connectivity index (χ3v) is 4.05. The van der Waals surface area contributed by atoms with Gasteiger partial charge in [-0.1, -0.05) is 6.58 Å². The van der Waals surface area contributed by atoms with Gasteiger partial charge in [0.25, 0.3) is 11.8 Å². The SMILES string of the molecule is C=CC(=O)NCCOC(C)(C)CCOC(C)(C)CC(=O)ON1C(=O)CCC1=O. The van der Waals surface area contributed by atoms with Crippen molar-refractivity contribution >= 4 is 23.7 Å². The summed E-state index contributed by atoms with van der Waals surface area (Å²) in [6.45, 7) is 11.7. The van der Waals surface area contributed by atoms with Crippen molar-refractivity contribution in [3.63, 3.8) is 0 Å². The molecule has 9 heteroatoms. The summed E-state index contributed by atoms with van der Waals surface area (Å²) in [4.78, 5) is 50.9. The Labute approximate surface area is 165 Å². The maximum absolute atomic E-state index is 12.0. The maximum Gasteiger partial charge on any atom is 0.336 e. The van der Waals surface area contributed by atoms with Crippen molar-refractivity contribution in [2.24, 2.45) is 0 Å². The van der Waals surface area contributed by atoms with Gasteiger partial charge in [-0.25, -0.2) is 4.79 Å². The number of carbonyl (C=O) groups is 4. The molecule has 1 aliphatic heterocycles. The molecule has 1 N–H and O–H groups in total. The zero-order valence-corrected chi connectivity index (χ0v) is 17.0. The summed E-state index contributed by atoms with van der Waals surface area (Å²) >= 11 is 0. The van der Waals surface area contributed by atoms with E-state index in [4.69, 9.17) is 14.3 Å². The topological polar surface area (TPSA) is 111 Å². The number of hydroxylamine groups is 2. The first-order chi connectivity index (χ1) is 13.0. The standard InChI is InChI=1S/C19H30N2O7/c1-6-14(22)20-10-12-27-18(2,3)9-11-26-19(4,5)13-17(25)28-21-15(23)7-8-16(21)24/h6H,1,7-13H2,2-5H3,(H,20,22). The van der Waals surface area contributed by atoms with Gasteiger partial charge in [-0.2, -0.15) is 0 Å². The van der Waals surface area contributed by atoms with Crippen molar-refractivity contribution in [3.8, 4) is 0 Å². The molecule has 0 unspecified atom stereocenters. The van der Waals surface area contributed by atoms with Crippen LogP contribution < -0.4 is 5.32 Å². The molecule has 0 aromatic rings. The van der Waals surface area contributed by atoms with Gasteiger partial charge in [0.05, 0.1) is 30.8 Å². The minimum absolute atomic E-state index is 0.0539. The molecule has 0 bridgehead atoms. The van der Waals surface area contributed by atoms with E-state index in [0.717, 1.165) is 0 Å². The van der Waals surface area contributed by atoms with Crippen LogP contribution in [-0.2, 0) is 33.5 Å². The average Bonchev–Trinajstić information content (AvgIpc) is 2.89. The van der Waals surface area contributed by atoms with Crippen molar-refractivity contribution in [1.29, 1.82) is 0 Å². The van der Waals surface area contributed by atoms with Gasteiger partial charge in [0.15, 0.2) is 0 Å². The lowest BCUT2D eigenvalue weighted by Crippen LogP contribution is -2.37. The third kappa shape index (κ3) is 8.62. The highest BCUT2D eigenvalue weighted by molar-refractivity contribution is 6.01. The number of nitrogens with one attached hydrogen (secondary N) is 1. The summed E-state index contributed by atoms with van der Waals surface area (Å²) in [6, 6.07) is 0. The molecule has 28 heavy (non-hydrogen) atoms. The number of ether oxygens (including phenoxy) is 2. The summed E-state index contributed by atoms with van der Waals surface area (Å²) in [5.74, 6) is -1.99. The number of amides is 3. The van der Waals surface area contributed by atoms with Crippen LogP contribution in [0, 0.1) is 0 Å². The van der Waals surface area contributed by atoms with E-state index >= 15 is 0 Å². The Morgan fingerprint density at radius 3 is 2.21 bits per heavy atom. The van der Waals surface area contributed by atoms with Gasteiger partial charge >= 0.3 is 5.97 Å². The molecule has 0 saturated carbocycles. The van der Waals surface area contributed by atoms with E-state index in [1.54, 1.807) is 13.8 Å². The molecule has 9 nitrogen and oxygen atoms in total. The minimum atomic E-state index is -0.836. The molecule has 1 saturated heterocycles. The van der Waals surface area contributed by atoms with E-state index in [1.807, 2.05) is 13.8 Å². The summed E-state index contributed by atoms with van der Waals surface area (Å²) < 4.78 is 11.5. The molecule has 1 rings (SSSR count). The lowest BCUT2D eigenvalue weighted by molar-refractivity contribution is -0.201. The van der Waals surface area contributed by atoms with E-state index in [0.29, 0.717) is 31.2 Å². The predicted molar refractivity (Wildman–Crippen MR) is 99.7 cm³/mol. The zero-order valence-electron chi connectivity index (χ0n) is 17.0. The van der Waals surface area contributed by atoms with Crippen LogP contribution in [0.4, 0.5) is 0 Å². The fourth-order valence-corrected chi connectivity index (χ4v) is 2.41. The van der Waals surface area contributed by atoms with Crippen LogP contribution in [0.5, 0.6) is 0 Å². The number of nitrogens with zero attached hydrogens (tertiary/aromatic N) is 1. The van der Waals surface area contributed by atoms with Gasteiger partial charge in [-0.3, -0.25) is 14.4 Å². The number of hydrogen-bond acceptors (Lipinski definition) is 7. The maximum atomic E-state index is 12.0. The number of hydrogen-bond donors (Lipinski definition) is 1. The van der Waals surface area contributed by atoms with Gasteiger partial charge in [-0.05, 0) is 40.2 Å². The first-order valence-corrected chi connectivity index (χ1v) is 9.20. The lowest BCUT2D eigenvalue weighted by Gasteiger charge is -2.29. The largest absolute Gasteiger partial charge is 0.375 e. The third-order valence-electron chi connectivity index (χ3n) is 4.05. The second kappa shape index (κ2) is 10.3. The number of carbonyl (C=O) groups excluding carboxylic acids is 4. The van der Waals surface area contributed by atoms with E-state index < -0.39 is 29.0 Å².